The van der Waals surface area contributed by atoms with E-state index in [1.54, 1.807) is 0 Å². The van der Waals surface area contributed by atoms with Crippen molar-refractivity contribution in [2.75, 3.05) is 19.0 Å². The molecule has 0 saturated carbocycles. The van der Waals surface area contributed by atoms with Crippen molar-refractivity contribution < 1.29 is 9.53 Å². The molecule has 3 nitrogen and oxygen atoms in total. The van der Waals surface area contributed by atoms with E-state index in [0.717, 1.165) is 17.8 Å². The zero-order valence-corrected chi connectivity index (χ0v) is 8.33. The quantitative estimate of drug-likeness (QED) is 0.690. The van der Waals surface area contributed by atoms with Gasteiger partial charge < -0.3 is 10.1 Å². The zero-order valence-electron chi connectivity index (χ0n) is 8.33. The first kappa shape index (κ1) is 9.06. The molecule has 0 spiro atoms. The van der Waals surface area contributed by atoms with Gasteiger partial charge in [-0.15, -0.1) is 0 Å². The average molecular weight is 191 g/mol. The molecule has 0 aliphatic carbocycles. The van der Waals surface area contributed by atoms with Gasteiger partial charge in [0.2, 0.25) is 0 Å². The number of hydrogen-bond donors (Lipinski definition) is 1. The highest BCUT2D eigenvalue weighted by atomic mass is 16.5. The number of nitrogens with one attached hydrogen (secondary N) is 1. The van der Waals surface area contributed by atoms with Gasteiger partial charge in [0.1, 0.15) is 0 Å². The van der Waals surface area contributed by atoms with E-state index in [1.165, 1.54) is 7.11 Å². The van der Waals surface area contributed by atoms with Gasteiger partial charge in [-0.3, -0.25) is 0 Å². The number of methoxy groups -OCH3 is 1. The van der Waals surface area contributed by atoms with Gasteiger partial charge in [-0.1, -0.05) is 13.0 Å². The summed E-state index contributed by atoms with van der Waals surface area (Å²) in [6, 6.07) is 5.68. The van der Waals surface area contributed by atoms with Crippen LogP contribution in [0.1, 0.15) is 28.8 Å². The van der Waals surface area contributed by atoms with E-state index in [-0.39, 0.29) is 5.97 Å². The Labute approximate surface area is 83.1 Å². The second-order valence-corrected chi connectivity index (χ2v) is 3.54. The van der Waals surface area contributed by atoms with Crippen LogP contribution in [-0.2, 0) is 4.74 Å². The van der Waals surface area contributed by atoms with Gasteiger partial charge in [0.15, 0.2) is 0 Å². The first-order valence-corrected chi connectivity index (χ1v) is 4.69. The maximum atomic E-state index is 11.5. The SMILES string of the molecule is COC(=O)c1cccc2c1C(C)CN2. The van der Waals surface area contributed by atoms with Gasteiger partial charge in [-0.2, -0.15) is 0 Å². The van der Waals surface area contributed by atoms with Crippen LogP contribution in [0.5, 0.6) is 0 Å². The largest absolute Gasteiger partial charge is 0.465 e. The average Bonchev–Trinajstić information content (AvgIpc) is 2.59. The highest BCUT2D eigenvalue weighted by molar-refractivity contribution is 5.93. The van der Waals surface area contributed by atoms with Gasteiger partial charge in [0.25, 0.3) is 0 Å². The lowest BCUT2D eigenvalue weighted by molar-refractivity contribution is 0.0599. The van der Waals surface area contributed by atoms with Crippen molar-refractivity contribution in [2.24, 2.45) is 0 Å². The predicted molar refractivity (Wildman–Crippen MR) is 54.7 cm³/mol. The Bertz CT molecular complexity index is 374. The van der Waals surface area contributed by atoms with Crippen molar-refractivity contribution in [3.8, 4) is 0 Å². The summed E-state index contributed by atoms with van der Waals surface area (Å²) in [5.41, 5.74) is 2.82. The third kappa shape index (κ3) is 1.25. The van der Waals surface area contributed by atoms with Crippen LogP contribution in [0.4, 0.5) is 5.69 Å². The van der Waals surface area contributed by atoms with E-state index in [9.17, 15) is 4.79 Å². The van der Waals surface area contributed by atoms with E-state index in [1.807, 2.05) is 18.2 Å². The van der Waals surface area contributed by atoms with E-state index >= 15 is 0 Å². The fraction of sp³-hybridized carbons (Fsp3) is 0.364. The maximum absolute atomic E-state index is 11.5. The number of ether oxygens (including phenoxy) is 1. The van der Waals surface area contributed by atoms with Gasteiger partial charge in [0, 0.05) is 18.2 Å². The van der Waals surface area contributed by atoms with Crippen LogP contribution in [0.25, 0.3) is 0 Å². The minimum Gasteiger partial charge on any atom is -0.465 e. The van der Waals surface area contributed by atoms with Crippen molar-refractivity contribution in [1.82, 2.24) is 0 Å². The summed E-state index contributed by atoms with van der Waals surface area (Å²) < 4.78 is 4.74. The van der Waals surface area contributed by atoms with Crippen LogP contribution in [0.2, 0.25) is 0 Å². The number of carbonyl (C=O) groups excluding carboxylic acids is 1. The lowest BCUT2D eigenvalue weighted by atomic mass is 9.97. The van der Waals surface area contributed by atoms with Crippen molar-refractivity contribution >= 4 is 11.7 Å². The van der Waals surface area contributed by atoms with Crippen molar-refractivity contribution in [2.45, 2.75) is 12.8 Å². The maximum Gasteiger partial charge on any atom is 0.338 e. The molecule has 1 aliphatic rings. The molecule has 0 bridgehead atoms. The first-order valence-electron chi connectivity index (χ1n) is 4.69. The molecular formula is C11H13NO2. The Morgan fingerprint density at radius 3 is 3.07 bits per heavy atom. The van der Waals surface area contributed by atoms with Crippen LogP contribution < -0.4 is 5.32 Å². The third-order valence-electron chi connectivity index (χ3n) is 2.60. The topological polar surface area (TPSA) is 38.3 Å². The molecule has 1 aromatic rings. The Hall–Kier alpha value is -1.51. The van der Waals surface area contributed by atoms with Crippen LogP contribution in [0.15, 0.2) is 18.2 Å². The second kappa shape index (κ2) is 3.33. The van der Waals surface area contributed by atoms with Crippen LogP contribution in [-0.4, -0.2) is 19.6 Å². The van der Waals surface area contributed by atoms with Gasteiger partial charge in [-0.05, 0) is 17.7 Å². The summed E-state index contributed by atoms with van der Waals surface area (Å²) >= 11 is 0. The summed E-state index contributed by atoms with van der Waals surface area (Å²) in [7, 11) is 1.41. The highest BCUT2D eigenvalue weighted by Crippen LogP contribution is 2.33. The predicted octanol–water partition coefficient (Wildman–Crippen LogP) is 2.00. The molecular weight excluding hydrogens is 178 g/mol. The molecule has 1 aromatic carbocycles. The third-order valence-corrected chi connectivity index (χ3v) is 2.60. The molecule has 3 heteroatoms. The minimum atomic E-state index is -0.252. The summed E-state index contributed by atoms with van der Waals surface area (Å²) in [5, 5.41) is 3.26. The lowest BCUT2D eigenvalue weighted by Crippen LogP contribution is -2.06. The summed E-state index contributed by atoms with van der Waals surface area (Å²) in [6.45, 7) is 2.99. The molecule has 2 rings (SSSR count). The first-order chi connectivity index (χ1) is 6.74. The number of fused-ring (bicyclic) bond motifs is 1. The Kier molecular flexibility index (Phi) is 2.15. The number of hydrogen-bond acceptors (Lipinski definition) is 3. The highest BCUT2D eigenvalue weighted by Gasteiger charge is 2.24. The zero-order chi connectivity index (χ0) is 10.1. The number of anilines is 1. The standard InChI is InChI=1S/C11H13NO2/c1-7-6-12-9-5-3-4-8(10(7)9)11(13)14-2/h3-5,7,12H,6H2,1-2H3. The molecule has 0 radical (unpaired) electrons. The molecule has 1 heterocycles. The summed E-state index contributed by atoms with van der Waals surface area (Å²) in [4.78, 5) is 11.5. The fourth-order valence-electron chi connectivity index (χ4n) is 1.90. The molecule has 74 valence electrons. The van der Waals surface area contributed by atoms with E-state index in [0.29, 0.717) is 11.5 Å². The summed E-state index contributed by atoms with van der Waals surface area (Å²) in [6.07, 6.45) is 0. The Balaban J connectivity index is 2.52. The lowest BCUT2D eigenvalue weighted by Gasteiger charge is -2.08. The fourth-order valence-corrected chi connectivity index (χ4v) is 1.90. The van der Waals surface area contributed by atoms with Crippen LogP contribution in [0.3, 0.4) is 0 Å². The van der Waals surface area contributed by atoms with Gasteiger partial charge >= 0.3 is 5.97 Å². The van der Waals surface area contributed by atoms with E-state index in [2.05, 4.69) is 12.2 Å². The minimum absolute atomic E-state index is 0.252. The van der Waals surface area contributed by atoms with E-state index in [4.69, 9.17) is 4.74 Å². The number of rotatable bonds is 1. The summed E-state index contributed by atoms with van der Waals surface area (Å²) in [5.74, 6) is 0.123. The molecule has 1 N–H and O–H groups in total. The Morgan fingerprint density at radius 2 is 2.36 bits per heavy atom. The molecule has 0 aromatic heterocycles. The van der Waals surface area contributed by atoms with Gasteiger partial charge in [0.05, 0.1) is 12.7 Å². The number of carbonyl (C=O) groups is 1. The molecule has 14 heavy (non-hydrogen) atoms. The van der Waals surface area contributed by atoms with Crippen molar-refractivity contribution in [3.05, 3.63) is 29.3 Å². The van der Waals surface area contributed by atoms with Crippen LogP contribution in [0, 0.1) is 0 Å². The van der Waals surface area contributed by atoms with Gasteiger partial charge in [-0.25, -0.2) is 4.79 Å². The molecule has 1 aliphatic heterocycles. The normalized spacial score (nSPS) is 18.6. The van der Waals surface area contributed by atoms with Crippen molar-refractivity contribution in [1.29, 1.82) is 0 Å². The smallest absolute Gasteiger partial charge is 0.338 e. The molecule has 0 saturated heterocycles. The van der Waals surface area contributed by atoms with Crippen molar-refractivity contribution in [3.63, 3.8) is 0 Å². The van der Waals surface area contributed by atoms with Crippen LogP contribution >= 0.6 is 0 Å². The Morgan fingerprint density at radius 1 is 1.57 bits per heavy atom. The monoisotopic (exact) mass is 191 g/mol. The number of benzene rings is 1. The second-order valence-electron chi connectivity index (χ2n) is 3.54. The molecule has 1 unspecified atom stereocenters. The molecule has 0 fully saturated rings. The molecule has 1 atom stereocenters. The van der Waals surface area contributed by atoms with E-state index < -0.39 is 0 Å². The molecule has 0 amide bonds. The number of esters is 1.